The van der Waals surface area contributed by atoms with Crippen LogP contribution in [0.1, 0.15) is 81.9 Å². The standard InChI is InChI=1S/C33H42FN5O2S2/c1-4-6-8-9-10-13-17-39-32(41)29(43-33(39)42)22-25-24(3)26(23-35)31(40)38(16-7-5-2)30(25)37-20-18-36(19-21-37)28-15-12-11-14-27(28)34/h11-12,14-15,22H,4-10,13,16-21H2,1-3H3. The van der Waals surface area contributed by atoms with E-state index in [1.807, 2.05) is 17.0 Å². The van der Waals surface area contributed by atoms with Crippen molar-refractivity contribution in [3.8, 4) is 6.07 Å². The number of amides is 1. The van der Waals surface area contributed by atoms with E-state index in [4.69, 9.17) is 12.2 Å². The SMILES string of the molecule is CCCCCCCCN1C(=O)C(=Cc2c(C)c(C#N)c(=O)n(CCCC)c2N2CCN(c3ccccc3F)CC2)SC1=S. The highest BCUT2D eigenvalue weighted by Gasteiger charge is 2.33. The molecule has 0 radical (unpaired) electrons. The monoisotopic (exact) mass is 623 g/mol. The molecule has 4 rings (SSSR count). The first-order valence-electron chi connectivity index (χ1n) is 15.5. The molecular weight excluding hydrogens is 582 g/mol. The average Bonchev–Trinajstić information content (AvgIpc) is 3.27. The van der Waals surface area contributed by atoms with Crippen LogP contribution in [0.3, 0.4) is 0 Å². The number of carbonyl (C=O) groups excluding carboxylic acids is 1. The smallest absolute Gasteiger partial charge is 0.270 e. The van der Waals surface area contributed by atoms with Gasteiger partial charge in [0.05, 0.1) is 10.6 Å². The first-order chi connectivity index (χ1) is 20.8. The van der Waals surface area contributed by atoms with Crippen LogP contribution in [0.25, 0.3) is 6.08 Å². The number of pyridine rings is 1. The number of thioether (sulfide) groups is 1. The van der Waals surface area contributed by atoms with E-state index in [1.54, 1.807) is 28.5 Å². The van der Waals surface area contributed by atoms with Crippen molar-refractivity contribution in [3.05, 3.63) is 62.0 Å². The van der Waals surface area contributed by atoms with Gasteiger partial charge < -0.3 is 9.80 Å². The summed E-state index contributed by atoms with van der Waals surface area (Å²) in [4.78, 5) is 33.5. The number of benzene rings is 1. The van der Waals surface area contributed by atoms with Crippen LogP contribution in [-0.4, -0.2) is 52.4 Å². The summed E-state index contributed by atoms with van der Waals surface area (Å²) in [5, 5.41) is 9.99. The van der Waals surface area contributed by atoms with Gasteiger partial charge in [-0.1, -0.05) is 88.5 Å². The Hall–Kier alpha value is -3.16. The number of hydrogen-bond acceptors (Lipinski definition) is 7. The number of nitrogens with zero attached hydrogens (tertiary/aromatic N) is 5. The Kier molecular flexibility index (Phi) is 11.8. The zero-order valence-corrected chi connectivity index (χ0v) is 27.2. The van der Waals surface area contributed by atoms with E-state index >= 15 is 0 Å². The van der Waals surface area contributed by atoms with Crippen molar-refractivity contribution in [2.24, 2.45) is 0 Å². The fourth-order valence-corrected chi connectivity index (χ4v) is 7.04. The normalized spacial score (nSPS) is 16.4. The van der Waals surface area contributed by atoms with E-state index in [0.717, 1.165) is 32.1 Å². The first-order valence-corrected chi connectivity index (χ1v) is 16.7. The van der Waals surface area contributed by atoms with Gasteiger partial charge in [0, 0.05) is 44.8 Å². The van der Waals surface area contributed by atoms with Gasteiger partial charge in [0.2, 0.25) is 0 Å². The molecule has 0 bridgehead atoms. The molecule has 2 aliphatic heterocycles. The number of nitriles is 1. The lowest BCUT2D eigenvalue weighted by atomic mass is 10.0. The summed E-state index contributed by atoms with van der Waals surface area (Å²) in [6.45, 7) is 9.37. The molecule has 0 spiro atoms. The number of thiocarbonyl (C=S) groups is 1. The Balaban J connectivity index is 1.67. The summed E-state index contributed by atoms with van der Waals surface area (Å²) in [5.74, 6) is 0.334. The third-order valence-corrected chi connectivity index (χ3v) is 9.62. The molecule has 43 heavy (non-hydrogen) atoms. The number of halogens is 1. The number of hydrogen-bond donors (Lipinski definition) is 0. The van der Waals surface area contributed by atoms with Crippen LogP contribution in [0.5, 0.6) is 0 Å². The van der Waals surface area contributed by atoms with E-state index in [-0.39, 0.29) is 22.8 Å². The second kappa shape index (κ2) is 15.5. The maximum Gasteiger partial charge on any atom is 0.270 e. The second-order valence-electron chi connectivity index (χ2n) is 11.2. The summed E-state index contributed by atoms with van der Waals surface area (Å²) in [6.07, 6.45) is 10.2. The number of unbranched alkanes of at least 4 members (excludes halogenated alkanes) is 6. The maximum atomic E-state index is 14.5. The van der Waals surface area contributed by atoms with Gasteiger partial charge in [0.25, 0.3) is 11.5 Å². The van der Waals surface area contributed by atoms with Crippen molar-refractivity contribution in [2.45, 2.75) is 78.7 Å². The van der Waals surface area contributed by atoms with Gasteiger partial charge in [0.15, 0.2) is 0 Å². The lowest BCUT2D eigenvalue weighted by molar-refractivity contribution is -0.122. The summed E-state index contributed by atoms with van der Waals surface area (Å²) in [5.41, 5.74) is 1.61. The number of rotatable bonds is 13. The van der Waals surface area contributed by atoms with Gasteiger partial charge in [0.1, 0.15) is 27.6 Å². The highest BCUT2D eigenvalue weighted by molar-refractivity contribution is 8.26. The Morgan fingerprint density at radius 3 is 2.28 bits per heavy atom. The molecule has 1 amide bonds. The van der Waals surface area contributed by atoms with Crippen LogP contribution in [0, 0.1) is 24.1 Å². The van der Waals surface area contributed by atoms with Gasteiger partial charge in [-0.25, -0.2) is 4.39 Å². The van der Waals surface area contributed by atoms with Gasteiger partial charge in [-0.05, 0) is 43.5 Å². The minimum absolute atomic E-state index is 0.0960. The summed E-state index contributed by atoms with van der Waals surface area (Å²) >= 11 is 6.90. The van der Waals surface area contributed by atoms with Crippen LogP contribution >= 0.6 is 24.0 Å². The van der Waals surface area contributed by atoms with Crippen LogP contribution in [0.2, 0.25) is 0 Å². The number of carbonyl (C=O) groups is 1. The molecule has 2 aliphatic rings. The number of aromatic nitrogens is 1. The lowest BCUT2D eigenvalue weighted by Crippen LogP contribution is -2.49. The summed E-state index contributed by atoms with van der Waals surface area (Å²) < 4.78 is 16.8. The summed E-state index contributed by atoms with van der Waals surface area (Å²) in [7, 11) is 0. The molecule has 0 atom stereocenters. The number of piperazine rings is 1. The highest BCUT2D eigenvalue weighted by atomic mass is 32.2. The van der Waals surface area contributed by atoms with E-state index in [9.17, 15) is 19.2 Å². The number of anilines is 2. The van der Waals surface area contributed by atoms with Crippen LogP contribution in [0.4, 0.5) is 15.9 Å². The van der Waals surface area contributed by atoms with Crippen molar-refractivity contribution in [3.63, 3.8) is 0 Å². The molecule has 3 heterocycles. The zero-order valence-electron chi connectivity index (χ0n) is 25.5. The van der Waals surface area contributed by atoms with Crippen LogP contribution < -0.4 is 15.4 Å². The Morgan fingerprint density at radius 1 is 0.953 bits per heavy atom. The first kappa shape index (κ1) is 32.7. The largest absolute Gasteiger partial charge is 0.366 e. The van der Waals surface area contributed by atoms with Gasteiger partial charge in [-0.3, -0.25) is 19.1 Å². The molecule has 0 unspecified atom stereocenters. The predicted octanol–water partition coefficient (Wildman–Crippen LogP) is 6.86. The molecular formula is C33H42FN5O2S2. The zero-order chi connectivity index (χ0) is 30.9. The lowest BCUT2D eigenvalue weighted by Gasteiger charge is -2.39. The van der Waals surface area contributed by atoms with Crippen molar-refractivity contribution in [2.75, 3.05) is 42.5 Å². The minimum atomic E-state index is -0.312. The molecule has 1 aromatic carbocycles. The van der Waals surface area contributed by atoms with Crippen molar-refractivity contribution in [1.82, 2.24) is 9.47 Å². The Morgan fingerprint density at radius 2 is 1.60 bits per heavy atom. The van der Waals surface area contributed by atoms with Crippen molar-refractivity contribution >= 4 is 51.8 Å². The van der Waals surface area contributed by atoms with Gasteiger partial charge in [-0.2, -0.15) is 5.26 Å². The van der Waals surface area contributed by atoms with Gasteiger partial charge >= 0.3 is 0 Å². The topological polar surface area (TPSA) is 72.6 Å². The molecule has 10 heteroatoms. The van der Waals surface area contributed by atoms with Crippen molar-refractivity contribution < 1.29 is 9.18 Å². The fraction of sp³-hybridized carbons (Fsp3) is 0.515. The highest BCUT2D eigenvalue weighted by Crippen LogP contribution is 2.36. The van der Waals surface area contributed by atoms with E-state index < -0.39 is 0 Å². The molecule has 0 saturated carbocycles. The predicted molar refractivity (Wildman–Crippen MR) is 179 cm³/mol. The van der Waals surface area contributed by atoms with E-state index in [0.29, 0.717) is 71.1 Å². The third kappa shape index (κ3) is 7.50. The van der Waals surface area contributed by atoms with Crippen molar-refractivity contribution in [1.29, 1.82) is 5.26 Å². The molecule has 230 valence electrons. The maximum absolute atomic E-state index is 14.5. The molecule has 2 aromatic rings. The molecule has 2 fully saturated rings. The molecule has 1 aromatic heterocycles. The van der Waals surface area contributed by atoms with E-state index in [2.05, 4.69) is 24.8 Å². The number of para-hydroxylation sites is 1. The molecule has 0 aliphatic carbocycles. The van der Waals surface area contributed by atoms with Crippen LogP contribution in [0.15, 0.2) is 34.0 Å². The Labute approximate surface area is 264 Å². The molecule has 0 N–H and O–H groups in total. The second-order valence-corrected chi connectivity index (χ2v) is 12.9. The molecule has 2 saturated heterocycles. The third-order valence-electron chi connectivity index (χ3n) is 8.24. The van der Waals surface area contributed by atoms with Gasteiger partial charge in [-0.15, -0.1) is 0 Å². The minimum Gasteiger partial charge on any atom is -0.366 e. The Bertz CT molecular complexity index is 1460. The average molecular weight is 624 g/mol. The van der Waals surface area contributed by atoms with Crippen LogP contribution in [-0.2, 0) is 11.3 Å². The molecule has 7 nitrogen and oxygen atoms in total. The fourth-order valence-electron chi connectivity index (χ4n) is 5.75. The van der Waals surface area contributed by atoms with E-state index in [1.165, 1.54) is 37.1 Å². The quantitative estimate of drug-likeness (QED) is 0.137. The summed E-state index contributed by atoms with van der Waals surface area (Å²) in [6, 6.07) is 8.90.